The molecule has 3 heteroatoms. The van der Waals surface area contributed by atoms with E-state index in [4.69, 9.17) is 4.74 Å². The molecule has 0 saturated carbocycles. The highest BCUT2D eigenvalue weighted by Crippen LogP contribution is 2.50. The van der Waals surface area contributed by atoms with Crippen LogP contribution in [0.1, 0.15) is 16.7 Å². The number of carbonyl (C=O) groups excluding carboxylic acids is 1. The Labute approximate surface area is 159 Å². The number of methoxy groups -OCH3 is 1. The number of hydrogen-bond donors (Lipinski definition) is 1. The predicted molar refractivity (Wildman–Crippen MR) is 107 cm³/mol. The molecule has 0 saturated heterocycles. The van der Waals surface area contributed by atoms with Gasteiger partial charge in [0, 0.05) is 0 Å². The Hall–Kier alpha value is -3.17. The lowest BCUT2D eigenvalue weighted by molar-refractivity contribution is -0.142. The molecule has 3 nitrogen and oxygen atoms in total. The van der Waals surface area contributed by atoms with Gasteiger partial charge in [0.1, 0.15) is 6.04 Å². The maximum Gasteiger partial charge on any atom is 0.326 e. The number of rotatable bonds is 5. The summed E-state index contributed by atoms with van der Waals surface area (Å²) in [5.41, 5.74) is 4.97. The van der Waals surface area contributed by atoms with Crippen molar-refractivity contribution in [2.45, 2.75) is 11.6 Å². The highest BCUT2D eigenvalue weighted by atomic mass is 16.5. The molecule has 3 aromatic rings. The minimum atomic E-state index is -0.665. The molecule has 0 radical (unpaired) electrons. The Bertz CT molecular complexity index is 949. The lowest BCUT2D eigenvalue weighted by atomic mass is 9.80. The highest BCUT2D eigenvalue weighted by Gasteiger charge is 2.46. The van der Waals surface area contributed by atoms with Crippen LogP contribution in [0.5, 0.6) is 0 Å². The zero-order valence-corrected chi connectivity index (χ0v) is 15.2. The van der Waals surface area contributed by atoms with E-state index in [1.165, 1.54) is 7.11 Å². The molecule has 0 spiro atoms. The van der Waals surface area contributed by atoms with Crippen LogP contribution in [0.15, 0.2) is 91.5 Å². The van der Waals surface area contributed by atoms with Crippen molar-refractivity contribution in [2.75, 3.05) is 7.11 Å². The summed E-state index contributed by atoms with van der Waals surface area (Å²) in [6.45, 7) is 3.85. The molecule has 3 aromatic carbocycles. The molecule has 0 fully saturated rings. The van der Waals surface area contributed by atoms with Crippen molar-refractivity contribution in [3.8, 4) is 11.1 Å². The minimum Gasteiger partial charge on any atom is -0.468 e. The summed E-state index contributed by atoms with van der Waals surface area (Å²) >= 11 is 0. The van der Waals surface area contributed by atoms with Crippen molar-refractivity contribution in [2.24, 2.45) is 0 Å². The molecule has 0 aliphatic heterocycles. The Balaban J connectivity index is 2.02. The zero-order valence-electron chi connectivity index (χ0n) is 15.2. The molecule has 1 atom stereocenters. The van der Waals surface area contributed by atoms with E-state index in [1.807, 2.05) is 42.5 Å². The summed E-state index contributed by atoms with van der Waals surface area (Å²) in [5, 5.41) is 3.57. The largest absolute Gasteiger partial charge is 0.468 e. The third-order valence-corrected chi connectivity index (χ3v) is 5.22. The molecule has 0 unspecified atom stereocenters. The maximum absolute atomic E-state index is 12.4. The molecule has 1 aliphatic rings. The van der Waals surface area contributed by atoms with E-state index in [-0.39, 0.29) is 5.97 Å². The first-order valence-electron chi connectivity index (χ1n) is 8.95. The average molecular weight is 355 g/mol. The van der Waals surface area contributed by atoms with Crippen molar-refractivity contribution < 1.29 is 9.53 Å². The summed E-state index contributed by atoms with van der Waals surface area (Å²) in [5.74, 6) is -0.359. The van der Waals surface area contributed by atoms with Crippen molar-refractivity contribution in [1.82, 2.24) is 5.32 Å². The average Bonchev–Trinajstić information content (AvgIpc) is 3.03. The van der Waals surface area contributed by atoms with Gasteiger partial charge in [-0.2, -0.15) is 0 Å². The number of benzene rings is 3. The van der Waals surface area contributed by atoms with Crippen LogP contribution in [-0.4, -0.2) is 19.1 Å². The van der Waals surface area contributed by atoms with Gasteiger partial charge in [0.15, 0.2) is 0 Å². The molecule has 134 valence electrons. The number of fused-ring (bicyclic) bond motifs is 3. The summed E-state index contributed by atoms with van der Waals surface area (Å²) in [6, 6.07) is 26.2. The fourth-order valence-electron chi connectivity index (χ4n) is 4.05. The first-order valence-corrected chi connectivity index (χ1v) is 8.95. The van der Waals surface area contributed by atoms with Gasteiger partial charge in [0.2, 0.25) is 0 Å². The Kier molecular flexibility index (Phi) is 4.38. The van der Waals surface area contributed by atoms with Crippen LogP contribution in [0.3, 0.4) is 0 Å². The third-order valence-electron chi connectivity index (χ3n) is 5.22. The van der Waals surface area contributed by atoms with Gasteiger partial charge >= 0.3 is 5.97 Å². The highest BCUT2D eigenvalue weighted by molar-refractivity contribution is 5.84. The fraction of sp³-hybridized carbons (Fsp3) is 0.125. The lowest BCUT2D eigenvalue weighted by Crippen LogP contribution is -2.51. The normalized spacial score (nSPS) is 14.7. The van der Waals surface area contributed by atoms with Gasteiger partial charge in [-0.3, -0.25) is 10.1 Å². The molecule has 27 heavy (non-hydrogen) atoms. The molecule has 4 rings (SSSR count). The maximum atomic E-state index is 12.4. The van der Waals surface area contributed by atoms with E-state index >= 15 is 0 Å². The molecular formula is C24H21NO2. The van der Waals surface area contributed by atoms with E-state index in [0.717, 1.165) is 27.8 Å². The molecule has 0 bridgehead atoms. The number of hydrogen-bond acceptors (Lipinski definition) is 3. The van der Waals surface area contributed by atoms with E-state index in [2.05, 4.69) is 48.3 Å². The van der Waals surface area contributed by atoms with Crippen LogP contribution < -0.4 is 5.32 Å². The smallest absolute Gasteiger partial charge is 0.326 e. The number of esters is 1. The monoisotopic (exact) mass is 355 g/mol. The van der Waals surface area contributed by atoms with E-state index in [1.54, 1.807) is 6.08 Å². The second-order valence-corrected chi connectivity index (χ2v) is 6.59. The summed E-state index contributed by atoms with van der Waals surface area (Å²) in [6.07, 6.45) is 1.60. The van der Waals surface area contributed by atoms with Crippen LogP contribution in [0.25, 0.3) is 11.1 Å². The molecule has 1 N–H and O–H groups in total. The number of ether oxygens (including phenoxy) is 1. The SMILES string of the molecule is C=C[C@H](NC1(c2ccccc2)c2ccccc2-c2ccccc21)C(=O)OC. The van der Waals surface area contributed by atoms with Gasteiger partial charge in [-0.05, 0) is 27.8 Å². The minimum absolute atomic E-state index is 0.359. The van der Waals surface area contributed by atoms with Gasteiger partial charge < -0.3 is 4.74 Å². The lowest BCUT2D eigenvalue weighted by Gasteiger charge is -2.36. The molecule has 0 aromatic heterocycles. The molecular weight excluding hydrogens is 334 g/mol. The van der Waals surface area contributed by atoms with Crippen molar-refractivity contribution in [3.63, 3.8) is 0 Å². The fourth-order valence-corrected chi connectivity index (χ4v) is 4.05. The van der Waals surface area contributed by atoms with Gasteiger partial charge in [-0.25, -0.2) is 0 Å². The topological polar surface area (TPSA) is 38.3 Å². The second-order valence-electron chi connectivity index (χ2n) is 6.59. The van der Waals surface area contributed by atoms with Gasteiger partial charge in [-0.15, -0.1) is 6.58 Å². The van der Waals surface area contributed by atoms with Crippen LogP contribution in [-0.2, 0) is 15.1 Å². The molecule has 1 aliphatic carbocycles. The van der Waals surface area contributed by atoms with E-state index < -0.39 is 11.6 Å². The first kappa shape index (κ1) is 17.3. The van der Waals surface area contributed by atoms with E-state index in [0.29, 0.717) is 0 Å². The zero-order chi connectivity index (χ0) is 18.9. The first-order chi connectivity index (χ1) is 13.2. The molecule has 0 amide bonds. The summed E-state index contributed by atoms with van der Waals surface area (Å²) in [7, 11) is 1.40. The number of nitrogens with one attached hydrogen (secondary N) is 1. The predicted octanol–water partition coefficient (Wildman–Crippen LogP) is 4.28. The van der Waals surface area contributed by atoms with Gasteiger partial charge in [-0.1, -0.05) is 84.9 Å². The van der Waals surface area contributed by atoms with Gasteiger partial charge in [0.05, 0.1) is 12.6 Å². The van der Waals surface area contributed by atoms with Crippen LogP contribution in [0.2, 0.25) is 0 Å². The Morgan fingerprint density at radius 2 is 1.44 bits per heavy atom. The summed E-state index contributed by atoms with van der Waals surface area (Å²) in [4.78, 5) is 12.4. The molecule has 0 heterocycles. The van der Waals surface area contributed by atoms with Crippen molar-refractivity contribution >= 4 is 5.97 Å². The Morgan fingerprint density at radius 3 is 1.96 bits per heavy atom. The van der Waals surface area contributed by atoms with Crippen molar-refractivity contribution in [3.05, 3.63) is 108 Å². The second kappa shape index (κ2) is 6.86. The van der Waals surface area contributed by atoms with Crippen molar-refractivity contribution in [1.29, 1.82) is 0 Å². The van der Waals surface area contributed by atoms with E-state index in [9.17, 15) is 4.79 Å². The Morgan fingerprint density at radius 1 is 0.926 bits per heavy atom. The number of carbonyl (C=O) groups is 1. The summed E-state index contributed by atoms with van der Waals surface area (Å²) < 4.78 is 5.00. The van der Waals surface area contributed by atoms with Crippen LogP contribution >= 0.6 is 0 Å². The van der Waals surface area contributed by atoms with Crippen LogP contribution in [0.4, 0.5) is 0 Å². The quantitative estimate of drug-likeness (QED) is 0.548. The third kappa shape index (κ3) is 2.59. The van der Waals surface area contributed by atoms with Crippen LogP contribution in [0, 0.1) is 0 Å². The van der Waals surface area contributed by atoms with Gasteiger partial charge in [0.25, 0.3) is 0 Å². The standard InChI is InChI=1S/C24H21NO2/c1-3-22(23(26)27-2)25-24(17-11-5-4-6-12-17)20-15-9-7-13-18(20)19-14-8-10-16-21(19)24/h3-16,22,25H,1H2,2H3/t22-/m0/s1.